The molecule has 3 aliphatic heterocycles. The van der Waals surface area contributed by atoms with Crippen LogP contribution in [0.2, 0.25) is 0 Å². The summed E-state index contributed by atoms with van der Waals surface area (Å²) < 4.78 is 10.9. The van der Waals surface area contributed by atoms with Crippen LogP contribution in [0.15, 0.2) is 0 Å². The number of aliphatic hydroxyl groups excluding tert-OH is 2. The van der Waals surface area contributed by atoms with Crippen molar-refractivity contribution in [3.05, 3.63) is 0 Å². The van der Waals surface area contributed by atoms with Crippen LogP contribution in [0.1, 0.15) is 0 Å². The summed E-state index contributed by atoms with van der Waals surface area (Å²) in [6, 6.07) is 0. The molecule has 0 bridgehead atoms. The van der Waals surface area contributed by atoms with E-state index in [0.717, 1.165) is 0 Å². The molecule has 0 saturated carbocycles. The van der Waals surface area contributed by atoms with E-state index in [4.69, 9.17) is 14.6 Å². The zero-order valence-electron chi connectivity index (χ0n) is 10.2. The molecule has 112 valence electrons. The van der Waals surface area contributed by atoms with Gasteiger partial charge in [0.05, 0.1) is 0 Å². The van der Waals surface area contributed by atoms with Gasteiger partial charge in [0.2, 0.25) is 5.60 Å². The lowest BCUT2D eigenvalue weighted by Gasteiger charge is -2.41. The quantitative estimate of drug-likeness (QED) is 0.345. The fourth-order valence-electron chi connectivity index (χ4n) is 2.95. The average molecular weight is 290 g/mol. The van der Waals surface area contributed by atoms with Crippen LogP contribution in [-0.2, 0) is 14.3 Å². The number of hydrogen-bond acceptors (Lipinski definition) is 7. The molecule has 10 nitrogen and oxygen atoms in total. The number of carbonyl (C=O) groups is 2. The minimum atomic E-state index is -1.69. The minimum absolute atomic E-state index is 0.0217. The number of carboxylic acid groups (broad SMARTS) is 2. The predicted octanol–water partition coefficient (Wildman–Crippen LogP) is -2.80. The maximum Gasteiger partial charge on any atom is 0.411 e. The van der Waals surface area contributed by atoms with Crippen molar-refractivity contribution in [1.82, 2.24) is 10.2 Å². The van der Waals surface area contributed by atoms with Crippen LogP contribution in [0.5, 0.6) is 0 Å². The normalized spacial score (nSPS) is 46.9. The second kappa shape index (κ2) is 4.27. The largest absolute Gasteiger partial charge is 0.479 e. The monoisotopic (exact) mass is 290 g/mol. The van der Waals surface area contributed by atoms with Crippen LogP contribution in [0.4, 0.5) is 4.79 Å². The number of aliphatic hydroxyl groups is 2. The number of carboxylic acids is 1. The topological polar surface area (TPSA) is 149 Å². The number of fused-ring (bicyclic) bond motifs is 2. The van der Waals surface area contributed by atoms with Crippen LogP contribution in [-0.4, -0.2) is 86.8 Å². The molecule has 3 heterocycles. The fourth-order valence-corrected chi connectivity index (χ4v) is 2.95. The Morgan fingerprint density at radius 3 is 2.45 bits per heavy atom. The van der Waals surface area contributed by atoms with Crippen molar-refractivity contribution in [3.8, 4) is 0 Å². The number of rotatable bonds is 1. The van der Waals surface area contributed by atoms with E-state index in [9.17, 15) is 24.9 Å². The summed E-state index contributed by atoms with van der Waals surface area (Å²) in [6.45, 7) is 0.178. The Balaban J connectivity index is 1.92. The van der Waals surface area contributed by atoms with E-state index in [0.29, 0.717) is 4.90 Å². The molecular formula is C10H14N2O8. The summed E-state index contributed by atoms with van der Waals surface area (Å²) in [5.41, 5.74) is -1.68. The SMILES string of the molecule is O=C(O)N1C(O)C2OC3CNCC3(C(=O)O)OC2C1O. The standard InChI is InChI=1S/C10H14N2O8/c13-6-4-5(7(14)12(6)9(17)18)20-10(8(15)16)2-11-1-3(10)19-4/h3-7,11,13-14H,1-2H2,(H,15,16)(H,17,18). The van der Waals surface area contributed by atoms with Crippen molar-refractivity contribution in [2.45, 2.75) is 36.4 Å². The molecule has 6 atom stereocenters. The molecule has 0 radical (unpaired) electrons. The summed E-state index contributed by atoms with van der Waals surface area (Å²) in [5.74, 6) is -1.26. The van der Waals surface area contributed by atoms with Crippen LogP contribution in [0.3, 0.4) is 0 Å². The van der Waals surface area contributed by atoms with Gasteiger partial charge >= 0.3 is 12.1 Å². The summed E-state index contributed by atoms with van der Waals surface area (Å²) >= 11 is 0. The maximum absolute atomic E-state index is 11.4. The third-order valence-electron chi connectivity index (χ3n) is 3.97. The van der Waals surface area contributed by atoms with Crippen LogP contribution < -0.4 is 5.32 Å². The first-order valence-electron chi connectivity index (χ1n) is 6.03. The second-order valence-electron chi connectivity index (χ2n) is 5.01. The lowest BCUT2D eigenvalue weighted by Crippen LogP contribution is -2.63. The van der Waals surface area contributed by atoms with Gasteiger partial charge in [-0.2, -0.15) is 0 Å². The Kier molecular flexibility index (Phi) is 2.88. The Bertz CT molecular complexity index is 459. The molecule has 3 aliphatic rings. The fraction of sp³-hybridized carbons (Fsp3) is 0.800. The van der Waals surface area contributed by atoms with Gasteiger partial charge in [-0.15, -0.1) is 0 Å². The number of amides is 1. The van der Waals surface area contributed by atoms with Gasteiger partial charge in [-0.3, -0.25) is 4.90 Å². The first-order chi connectivity index (χ1) is 9.38. The van der Waals surface area contributed by atoms with Crippen LogP contribution >= 0.6 is 0 Å². The van der Waals surface area contributed by atoms with E-state index in [1.165, 1.54) is 0 Å². The highest BCUT2D eigenvalue weighted by atomic mass is 16.6. The number of likely N-dealkylation sites (tertiary alicyclic amines) is 1. The van der Waals surface area contributed by atoms with Crippen LogP contribution in [0.25, 0.3) is 0 Å². The Hall–Kier alpha value is -1.46. The summed E-state index contributed by atoms with van der Waals surface area (Å²) in [6.07, 6.45) is -8.09. The smallest absolute Gasteiger partial charge is 0.411 e. The highest BCUT2D eigenvalue weighted by molar-refractivity contribution is 5.79. The number of hydrogen-bond donors (Lipinski definition) is 5. The number of aliphatic carboxylic acids is 1. The minimum Gasteiger partial charge on any atom is -0.479 e. The van der Waals surface area contributed by atoms with Crippen molar-refractivity contribution in [3.63, 3.8) is 0 Å². The van der Waals surface area contributed by atoms with Gasteiger partial charge in [0.25, 0.3) is 0 Å². The Morgan fingerprint density at radius 2 is 1.85 bits per heavy atom. The van der Waals surface area contributed by atoms with E-state index < -0.39 is 48.4 Å². The first-order valence-corrected chi connectivity index (χ1v) is 6.03. The highest BCUT2D eigenvalue weighted by Gasteiger charge is 2.64. The van der Waals surface area contributed by atoms with Crippen molar-refractivity contribution in [2.75, 3.05) is 13.1 Å². The molecule has 3 rings (SSSR count). The third-order valence-corrected chi connectivity index (χ3v) is 3.97. The van der Waals surface area contributed by atoms with E-state index >= 15 is 0 Å². The number of nitrogens with one attached hydrogen (secondary N) is 1. The van der Waals surface area contributed by atoms with Gasteiger partial charge in [0.15, 0.2) is 12.5 Å². The molecule has 0 aromatic rings. The third kappa shape index (κ3) is 1.56. The summed E-state index contributed by atoms with van der Waals surface area (Å²) in [5, 5.41) is 40.9. The number of nitrogens with zero attached hydrogens (tertiary/aromatic N) is 1. The molecule has 0 aromatic carbocycles. The predicted molar refractivity (Wildman–Crippen MR) is 58.6 cm³/mol. The van der Waals surface area contributed by atoms with Crippen LogP contribution in [0, 0.1) is 0 Å². The van der Waals surface area contributed by atoms with Gasteiger partial charge in [-0.05, 0) is 0 Å². The lowest BCUT2D eigenvalue weighted by atomic mass is 9.96. The molecule has 3 saturated heterocycles. The molecule has 6 unspecified atom stereocenters. The van der Waals surface area contributed by atoms with Crippen molar-refractivity contribution in [1.29, 1.82) is 0 Å². The molecular weight excluding hydrogens is 276 g/mol. The van der Waals surface area contributed by atoms with Crippen molar-refractivity contribution >= 4 is 12.1 Å². The Labute approximate surface area is 112 Å². The molecule has 0 aliphatic carbocycles. The molecule has 20 heavy (non-hydrogen) atoms. The van der Waals surface area contributed by atoms with Gasteiger partial charge in [0.1, 0.15) is 18.3 Å². The number of ether oxygens (including phenoxy) is 2. The van der Waals surface area contributed by atoms with Crippen molar-refractivity contribution in [2.24, 2.45) is 0 Å². The molecule has 3 fully saturated rings. The van der Waals surface area contributed by atoms with E-state index in [2.05, 4.69) is 5.32 Å². The summed E-state index contributed by atoms with van der Waals surface area (Å²) in [4.78, 5) is 22.8. The molecule has 10 heteroatoms. The van der Waals surface area contributed by atoms with E-state index in [1.807, 2.05) is 0 Å². The zero-order chi connectivity index (χ0) is 14.7. The average Bonchev–Trinajstić information content (AvgIpc) is 2.89. The summed E-state index contributed by atoms with van der Waals surface area (Å²) in [7, 11) is 0. The molecule has 1 amide bonds. The maximum atomic E-state index is 11.4. The Morgan fingerprint density at radius 1 is 1.20 bits per heavy atom. The highest BCUT2D eigenvalue weighted by Crippen LogP contribution is 2.39. The zero-order valence-corrected chi connectivity index (χ0v) is 10.2. The molecule has 0 spiro atoms. The van der Waals surface area contributed by atoms with Gasteiger partial charge in [-0.25, -0.2) is 9.59 Å². The van der Waals surface area contributed by atoms with Gasteiger partial charge in [0, 0.05) is 13.1 Å². The molecule has 0 aromatic heterocycles. The second-order valence-corrected chi connectivity index (χ2v) is 5.01. The molecule has 5 N–H and O–H groups in total. The van der Waals surface area contributed by atoms with E-state index in [-0.39, 0.29) is 13.1 Å². The van der Waals surface area contributed by atoms with Gasteiger partial charge < -0.3 is 35.2 Å². The van der Waals surface area contributed by atoms with Crippen molar-refractivity contribution < 1.29 is 39.5 Å². The van der Waals surface area contributed by atoms with Gasteiger partial charge in [-0.1, -0.05) is 0 Å². The van der Waals surface area contributed by atoms with E-state index in [1.54, 1.807) is 0 Å². The lowest BCUT2D eigenvalue weighted by molar-refractivity contribution is -0.265. The first kappa shape index (κ1) is 13.5.